The predicted octanol–water partition coefficient (Wildman–Crippen LogP) is 10.0. The van der Waals surface area contributed by atoms with Gasteiger partial charge in [0, 0.05) is 70.1 Å². The number of allylic oxidation sites excluding steroid dienone is 1. The number of Topliss-reactive ketones (excluding diaryl/α,β-unsaturated/α-hetero) is 1. The molecule has 1 unspecified atom stereocenters. The molecule has 3 aromatic heterocycles. The first-order valence-electron chi connectivity index (χ1n) is 17.7. The molecule has 2 aliphatic rings. The lowest BCUT2D eigenvalue weighted by molar-refractivity contribution is -0.141. The average Bonchev–Trinajstić information content (AvgIpc) is 3.75. The molecule has 7 heteroatoms. The van der Waals surface area contributed by atoms with Crippen LogP contribution in [0.3, 0.4) is 0 Å². The highest BCUT2D eigenvalue weighted by Gasteiger charge is 2.32. The summed E-state index contributed by atoms with van der Waals surface area (Å²) in [6.45, 7) is 21.0. The molecular weight excluding hydrogens is 596 g/mol. The minimum Gasteiger partial charge on any atom is -0.466 e. The number of ketones is 1. The van der Waals surface area contributed by atoms with E-state index in [-0.39, 0.29) is 23.7 Å². The maximum atomic E-state index is 13.6. The minimum absolute atomic E-state index is 0.0201. The normalized spacial score (nSPS) is 16.5. The Bertz CT molecular complexity index is 1930. The molecule has 8 bridgehead atoms. The summed E-state index contributed by atoms with van der Waals surface area (Å²) in [5, 5.41) is 0. The summed E-state index contributed by atoms with van der Waals surface area (Å²) in [5.74, 6) is 0.206. The van der Waals surface area contributed by atoms with Gasteiger partial charge < -0.3 is 14.7 Å². The van der Waals surface area contributed by atoms with Crippen molar-refractivity contribution in [2.45, 2.75) is 112 Å². The van der Waals surface area contributed by atoms with Crippen LogP contribution in [0.25, 0.3) is 39.8 Å². The van der Waals surface area contributed by atoms with Crippen molar-refractivity contribution in [1.82, 2.24) is 19.9 Å². The number of nitrogens with one attached hydrogen (secondary N) is 2. The van der Waals surface area contributed by atoms with Crippen molar-refractivity contribution in [2.75, 3.05) is 6.61 Å². The zero-order chi connectivity index (χ0) is 34.7. The van der Waals surface area contributed by atoms with Crippen LogP contribution in [0.15, 0.2) is 24.8 Å². The number of carbonyl (C=O) groups is 2. The van der Waals surface area contributed by atoms with Gasteiger partial charge in [-0.15, -0.1) is 0 Å². The summed E-state index contributed by atoms with van der Waals surface area (Å²) in [6.07, 6.45) is 9.47. The highest BCUT2D eigenvalue weighted by molar-refractivity contribution is 5.86. The molecule has 5 heterocycles. The first-order valence-corrected chi connectivity index (χ1v) is 17.7. The molecule has 3 aromatic rings. The van der Waals surface area contributed by atoms with Gasteiger partial charge in [-0.1, -0.05) is 39.8 Å². The Morgan fingerprint density at radius 2 is 1.69 bits per heavy atom. The Morgan fingerprint density at radius 3 is 2.38 bits per heavy atom. The molecule has 0 saturated heterocycles. The maximum Gasteiger partial charge on any atom is 0.302 e. The number of aromatic amines is 2. The van der Waals surface area contributed by atoms with Crippen molar-refractivity contribution >= 4 is 51.5 Å². The van der Waals surface area contributed by atoms with Crippen LogP contribution in [0.2, 0.25) is 0 Å². The number of nitrogens with zero attached hydrogens (tertiary/aromatic N) is 2. The highest BCUT2D eigenvalue weighted by atomic mass is 16.5. The molecule has 0 amide bonds. The number of hydrogen-bond donors (Lipinski definition) is 2. The molecule has 2 aliphatic heterocycles. The van der Waals surface area contributed by atoms with E-state index in [9.17, 15) is 9.59 Å². The quantitative estimate of drug-likeness (QED) is 0.150. The molecule has 2 N–H and O–H groups in total. The lowest BCUT2D eigenvalue weighted by atomic mass is 9.83. The van der Waals surface area contributed by atoms with Crippen molar-refractivity contribution in [2.24, 2.45) is 5.92 Å². The molecule has 0 aliphatic carbocycles. The van der Waals surface area contributed by atoms with Crippen molar-refractivity contribution in [3.8, 4) is 0 Å². The number of esters is 1. The fourth-order valence-corrected chi connectivity index (χ4v) is 7.55. The third-order valence-electron chi connectivity index (χ3n) is 10.5. The Labute approximate surface area is 285 Å². The van der Waals surface area contributed by atoms with Crippen molar-refractivity contribution < 1.29 is 14.3 Å². The Balaban J connectivity index is 1.63. The van der Waals surface area contributed by atoms with Crippen LogP contribution in [-0.2, 0) is 20.7 Å². The van der Waals surface area contributed by atoms with Gasteiger partial charge in [-0.25, -0.2) is 4.98 Å². The van der Waals surface area contributed by atoms with Crippen LogP contribution in [0.5, 0.6) is 0 Å². The Hall–Kier alpha value is -4.26. The summed E-state index contributed by atoms with van der Waals surface area (Å²) in [5.41, 5.74) is 15.0. The molecule has 0 spiro atoms. The van der Waals surface area contributed by atoms with E-state index in [1.54, 1.807) is 0 Å². The van der Waals surface area contributed by atoms with Crippen LogP contribution in [0.4, 0.5) is 0 Å². The Kier molecular flexibility index (Phi) is 10.9. The van der Waals surface area contributed by atoms with Gasteiger partial charge in [0.2, 0.25) is 0 Å². The SMILES string of the molecule is C=Cc1c(C)c2cc3nc(c(C)c4nc(cc5[nH]c(cc1[nH]2)c(C)c5CC)C(C)=C4)[C@@H](CCC(=O)C(CCC)CCCOC(C)=O)[C@@H]3C. The van der Waals surface area contributed by atoms with Crippen LogP contribution in [-0.4, -0.2) is 38.3 Å². The average molecular weight is 649 g/mol. The third kappa shape index (κ3) is 7.11. The van der Waals surface area contributed by atoms with Gasteiger partial charge in [0.25, 0.3) is 0 Å². The first kappa shape index (κ1) is 35.1. The van der Waals surface area contributed by atoms with Crippen molar-refractivity contribution in [3.05, 3.63) is 75.4 Å². The zero-order valence-electron chi connectivity index (χ0n) is 30.1. The second-order valence-electron chi connectivity index (χ2n) is 13.7. The largest absolute Gasteiger partial charge is 0.466 e. The smallest absolute Gasteiger partial charge is 0.302 e. The second-order valence-corrected chi connectivity index (χ2v) is 13.7. The molecule has 3 atom stereocenters. The standard InChI is InChI=1S/C41H52N4O3/c1-10-14-29(15-13-18-48-28(9)46)40(47)17-16-32-26(7)37-21-35-24(5)31(12-3)39(43-35)22-36-25(6)30(11-2)38(44-36)20-33-23(4)19-34(42-33)27(8)41(32)45-37/h12,19-22,26,29,32,43-44H,3,10-11,13-18H2,1-2,4-9H3/t26-,29?,32-/m0/s1. The summed E-state index contributed by atoms with van der Waals surface area (Å²) in [7, 11) is 0. The highest BCUT2D eigenvalue weighted by Crippen LogP contribution is 2.42. The maximum absolute atomic E-state index is 13.6. The van der Waals surface area contributed by atoms with E-state index in [1.165, 1.54) is 18.1 Å². The molecule has 7 nitrogen and oxygen atoms in total. The van der Waals surface area contributed by atoms with E-state index in [0.29, 0.717) is 25.2 Å². The van der Waals surface area contributed by atoms with Crippen LogP contribution in [0, 0.1) is 26.7 Å². The van der Waals surface area contributed by atoms with Gasteiger partial charge in [0.1, 0.15) is 5.78 Å². The van der Waals surface area contributed by atoms with E-state index in [1.807, 2.05) is 6.08 Å². The monoisotopic (exact) mass is 648 g/mol. The topological polar surface area (TPSA) is 101 Å². The van der Waals surface area contributed by atoms with Gasteiger partial charge in [0.05, 0.1) is 18.0 Å². The fraction of sp³-hybridized carbons (Fsp3) is 0.463. The summed E-state index contributed by atoms with van der Waals surface area (Å²) >= 11 is 0. The number of hydrogen-bond acceptors (Lipinski definition) is 5. The second kappa shape index (κ2) is 14.9. The number of aromatic nitrogens is 4. The molecule has 5 rings (SSSR count). The molecule has 0 fully saturated rings. The molecule has 0 aromatic carbocycles. The van der Waals surface area contributed by atoms with E-state index >= 15 is 0 Å². The number of rotatable bonds is 12. The fourth-order valence-electron chi connectivity index (χ4n) is 7.55. The molecule has 254 valence electrons. The van der Waals surface area contributed by atoms with Gasteiger partial charge in [-0.05, 0) is 112 Å². The van der Waals surface area contributed by atoms with Gasteiger partial charge in [-0.2, -0.15) is 0 Å². The lowest BCUT2D eigenvalue weighted by Gasteiger charge is -2.20. The first-order chi connectivity index (χ1) is 23.0. The lowest BCUT2D eigenvalue weighted by Crippen LogP contribution is -2.17. The molecule has 0 radical (unpaired) electrons. The minimum atomic E-state index is -0.276. The van der Waals surface area contributed by atoms with Crippen molar-refractivity contribution in [1.29, 1.82) is 0 Å². The van der Waals surface area contributed by atoms with Crippen LogP contribution >= 0.6 is 0 Å². The van der Waals surface area contributed by atoms with E-state index in [0.717, 1.165) is 99.2 Å². The third-order valence-corrected chi connectivity index (χ3v) is 10.5. The number of ether oxygens (including phenoxy) is 1. The number of carbonyl (C=O) groups excluding carboxylic acids is 2. The summed E-state index contributed by atoms with van der Waals surface area (Å²) in [4.78, 5) is 42.7. The van der Waals surface area contributed by atoms with E-state index in [4.69, 9.17) is 14.7 Å². The van der Waals surface area contributed by atoms with Crippen LogP contribution in [0.1, 0.15) is 136 Å². The van der Waals surface area contributed by atoms with Gasteiger partial charge in [-0.3, -0.25) is 14.6 Å². The molecular formula is C41H52N4O3. The Morgan fingerprint density at radius 1 is 0.958 bits per heavy atom. The molecule has 48 heavy (non-hydrogen) atoms. The number of fused-ring (bicyclic) bond motifs is 8. The number of aryl methyl sites for hydroxylation is 3. The summed E-state index contributed by atoms with van der Waals surface area (Å²) in [6, 6.07) is 6.56. The number of H-pyrrole nitrogens is 2. The molecule has 0 saturated carbocycles. The zero-order valence-corrected chi connectivity index (χ0v) is 30.1. The van der Waals surface area contributed by atoms with Crippen molar-refractivity contribution in [3.63, 3.8) is 0 Å². The predicted molar refractivity (Wildman–Crippen MR) is 198 cm³/mol. The van der Waals surface area contributed by atoms with Gasteiger partial charge >= 0.3 is 5.97 Å². The van der Waals surface area contributed by atoms with E-state index in [2.05, 4.69) is 89.3 Å². The summed E-state index contributed by atoms with van der Waals surface area (Å²) < 4.78 is 5.14. The van der Waals surface area contributed by atoms with Gasteiger partial charge in [0.15, 0.2) is 0 Å². The van der Waals surface area contributed by atoms with E-state index < -0.39 is 0 Å². The van der Waals surface area contributed by atoms with Crippen LogP contribution < -0.4 is 0 Å².